The van der Waals surface area contributed by atoms with E-state index in [1.807, 2.05) is 66.7 Å². The Morgan fingerprint density at radius 3 is 2.19 bits per heavy atom. The zero-order valence-electron chi connectivity index (χ0n) is 16.6. The Balaban J connectivity index is 1.89. The lowest BCUT2D eigenvalue weighted by Crippen LogP contribution is -2.67. The lowest BCUT2D eigenvalue weighted by Gasteiger charge is -2.51. The highest BCUT2D eigenvalue weighted by molar-refractivity contribution is 7.80. The molecule has 2 atom stereocenters. The second-order valence-corrected chi connectivity index (χ2v) is 7.97. The molecule has 2 heterocycles. The van der Waals surface area contributed by atoms with E-state index in [1.54, 1.807) is 28.0 Å². The van der Waals surface area contributed by atoms with E-state index in [-0.39, 0.29) is 24.2 Å². The van der Waals surface area contributed by atoms with Gasteiger partial charge in [-0.25, -0.2) is 0 Å². The second kappa shape index (κ2) is 7.16. The minimum atomic E-state index is -1.82. The molecule has 0 radical (unpaired) electrons. The Kier molecular flexibility index (Phi) is 4.55. The van der Waals surface area contributed by atoms with Crippen LogP contribution in [0.5, 0.6) is 0 Å². The minimum Gasteiger partial charge on any atom is -0.395 e. The molecule has 0 aromatic heterocycles. The monoisotopic (exact) mass is 431 g/mol. The Morgan fingerprint density at radius 2 is 1.52 bits per heavy atom. The molecule has 2 unspecified atom stereocenters. The lowest BCUT2D eigenvalue weighted by atomic mass is 9.71. The zero-order valence-corrected chi connectivity index (χ0v) is 17.4. The number of rotatable bonds is 4. The number of nitrogens with zero attached hydrogens (tertiary/aromatic N) is 2. The maximum absolute atomic E-state index is 14.5. The molecule has 31 heavy (non-hydrogen) atoms. The highest BCUT2D eigenvalue weighted by Crippen LogP contribution is 2.56. The number of carbonyl (C=O) groups excluding carboxylic acids is 1. The number of hydrogen-bond donors (Lipinski definition) is 3. The summed E-state index contributed by atoms with van der Waals surface area (Å²) in [6, 6.07) is 25.7. The fourth-order valence-electron chi connectivity index (χ4n) is 4.81. The number of benzene rings is 3. The molecule has 0 aliphatic carbocycles. The summed E-state index contributed by atoms with van der Waals surface area (Å²) in [4.78, 5) is 17.7. The Labute approximate surface area is 185 Å². The number of hydrogen-bond acceptors (Lipinski definition) is 4. The Hall–Kier alpha value is -3.26. The van der Waals surface area contributed by atoms with Gasteiger partial charge < -0.3 is 20.4 Å². The van der Waals surface area contributed by atoms with Gasteiger partial charge in [-0.1, -0.05) is 66.7 Å². The standard InChI is InChI=1S/C24H21N3O3S/c28-16-15-26-22(31)25-24(30)19-13-7-8-14-20(19)27(18-11-5-2-6-12-18)21(29)23(24,26)17-9-3-1-4-10-17/h1-14,28,30H,15-16H2,(H,25,31). The van der Waals surface area contributed by atoms with Crippen molar-refractivity contribution in [2.75, 3.05) is 18.1 Å². The predicted molar refractivity (Wildman–Crippen MR) is 122 cm³/mol. The number of anilines is 2. The first-order valence-electron chi connectivity index (χ1n) is 10.0. The van der Waals surface area contributed by atoms with Crippen LogP contribution in [-0.4, -0.2) is 39.3 Å². The molecule has 0 saturated carbocycles. The highest BCUT2D eigenvalue weighted by Gasteiger charge is 2.71. The van der Waals surface area contributed by atoms with Gasteiger partial charge >= 0.3 is 0 Å². The Bertz CT molecular complexity index is 1160. The molecule has 1 fully saturated rings. The molecule has 3 aromatic rings. The molecule has 3 aromatic carbocycles. The van der Waals surface area contributed by atoms with Crippen LogP contribution < -0.4 is 10.2 Å². The van der Waals surface area contributed by atoms with Crippen LogP contribution in [0.3, 0.4) is 0 Å². The van der Waals surface area contributed by atoms with Crippen molar-refractivity contribution in [2.24, 2.45) is 0 Å². The van der Waals surface area contributed by atoms with Crippen LogP contribution >= 0.6 is 12.2 Å². The topological polar surface area (TPSA) is 76.0 Å². The van der Waals surface area contributed by atoms with Crippen molar-refractivity contribution < 1.29 is 15.0 Å². The smallest absolute Gasteiger partial charge is 0.267 e. The fourth-order valence-corrected chi connectivity index (χ4v) is 5.18. The van der Waals surface area contributed by atoms with E-state index < -0.39 is 11.3 Å². The third-order valence-electron chi connectivity index (χ3n) is 6.04. The van der Waals surface area contributed by atoms with Gasteiger partial charge in [-0.2, -0.15) is 0 Å². The lowest BCUT2D eigenvalue weighted by molar-refractivity contribution is -0.150. The molecule has 1 amide bonds. The molecule has 0 spiro atoms. The number of fused-ring (bicyclic) bond motifs is 3. The van der Waals surface area contributed by atoms with Gasteiger partial charge in [-0.05, 0) is 36.0 Å². The molecule has 6 nitrogen and oxygen atoms in total. The average Bonchev–Trinajstić information content (AvgIpc) is 3.04. The fraction of sp³-hybridized carbons (Fsp3) is 0.167. The first kappa shape index (κ1) is 19.7. The van der Waals surface area contributed by atoms with Gasteiger partial charge in [0.15, 0.2) is 10.7 Å². The van der Waals surface area contributed by atoms with Gasteiger partial charge in [0.2, 0.25) is 5.72 Å². The van der Waals surface area contributed by atoms with E-state index in [0.717, 1.165) is 0 Å². The first-order chi connectivity index (χ1) is 15.1. The molecule has 1 saturated heterocycles. The van der Waals surface area contributed by atoms with Crippen LogP contribution in [0.25, 0.3) is 0 Å². The maximum atomic E-state index is 14.5. The molecule has 2 aliphatic rings. The van der Waals surface area contributed by atoms with Crippen molar-refractivity contribution >= 4 is 34.6 Å². The van der Waals surface area contributed by atoms with E-state index in [1.165, 1.54) is 0 Å². The van der Waals surface area contributed by atoms with E-state index in [2.05, 4.69) is 5.32 Å². The summed E-state index contributed by atoms with van der Waals surface area (Å²) in [5.41, 5.74) is -1.05. The third-order valence-corrected chi connectivity index (χ3v) is 6.36. The number of thiocarbonyl (C=S) groups is 1. The third kappa shape index (κ3) is 2.51. The van der Waals surface area contributed by atoms with Gasteiger partial charge in [0.1, 0.15) is 0 Å². The van der Waals surface area contributed by atoms with Gasteiger partial charge in [0, 0.05) is 17.8 Å². The van der Waals surface area contributed by atoms with E-state index in [0.29, 0.717) is 22.5 Å². The second-order valence-electron chi connectivity index (χ2n) is 7.59. The summed E-state index contributed by atoms with van der Waals surface area (Å²) < 4.78 is 0. The molecule has 3 N–H and O–H groups in total. The predicted octanol–water partition coefficient (Wildman–Crippen LogP) is 2.59. The molecular weight excluding hydrogens is 410 g/mol. The molecule has 156 valence electrons. The van der Waals surface area contributed by atoms with Gasteiger partial charge in [0.25, 0.3) is 5.91 Å². The number of aliphatic hydroxyl groups excluding tert-OH is 1. The number of aliphatic hydroxyl groups is 2. The van der Waals surface area contributed by atoms with Crippen molar-refractivity contribution in [2.45, 2.75) is 11.3 Å². The highest BCUT2D eigenvalue weighted by atomic mass is 32.1. The molecule has 5 rings (SSSR count). The first-order valence-corrected chi connectivity index (χ1v) is 10.4. The molecule has 2 aliphatic heterocycles. The van der Waals surface area contributed by atoms with Crippen LogP contribution in [-0.2, 0) is 16.1 Å². The number of amides is 1. The van der Waals surface area contributed by atoms with Gasteiger partial charge in [0.05, 0.1) is 12.3 Å². The van der Waals surface area contributed by atoms with Crippen molar-refractivity contribution in [1.29, 1.82) is 0 Å². The summed E-state index contributed by atoms with van der Waals surface area (Å²) in [5.74, 6) is -0.355. The van der Waals surface area contributed by atoms with Crippen molar-refractivity contribution in [3.63, 3.8) is 0 Å². The quantitative estimate of drug-likeness (QED) is 0.552. The van der Waals surface area contributed by atoms with Crippen LogP contribution in [0.2, 0.25) is 0 Å². The normalized spacial score (nSPS) is 24.6. The Morgan fingerprint density at radius 1 is 0.903 bits per heavy atom. The van der Waals surface area contributed by atoms with Gasteiger partial charge in [-0.15, -0.1) is 0 Å². The largest absolute Gasteiger partial charge is 0.395 e. The van der Waals surface area contributed by atoms with Crippen molar-refractivity contribution in [1.82, 2.24) is 10.2 Å². The van der Waals surface area contributed by atoms with Crippen LogP contribution in [0.4, 0.5) is 11.4 Å². The number of para-hydroxylation sites is 2. The SMILES string of the molecule is O=C1N(c2ccccc2)c2ccccc2C2(O)NC(=S)N(CCO)C12c1ccccc1. The van der Waals surface area contributed by atoms with E-state index >= 15 is 0 Å². The van der Waals surface area contributed by atoms with Gasteiger partial charge in [-0.3, -0.25) is 9.69 Å². The number of nitrogens with one attached hydrogen (secondary N) is 1. The molecule has 7 heteroatoms. The molecule has 0 bridgehead atoms. The van der Waals surface area contributed by atoms with Crippen LogP contribution in [0.15, 0.2) is 84.9 Å². The van der Waals surface area contributed by atoms with E-state index in [4.69, 9.17) is 12.2 Å². The summed E-state index contributed by atoms with van der Waals surface area (Å²) in [7, 11) is 0. The summed E-state index contributed by atoms with van der Waals surface area (Å²) in [5, 5.41) is 25.2. The maximum Gasteiger partial charge on any atom is 0.267 e. The van der Waals surface area contributed by atoms with Crippen molar-refractivity contribution in [3.8, 4) is 0 Å². The average molecular weight is 432 g/mol. The summed E-state index contributed by atoms with van der Waals surface area (Å²) in [6.45, 7) is -0.147. The summed E-state index contributed by atoms with van der Waals surface area (Å²) in [6.07, 6.45) is 0. The minimum absolute atomic E-state index is 0.0829. The van der Waals surface area contributed by atoms with Crippen LogP contribution in [0, 0.1) is 0 Å². The van der Waals surface area contributed by atoms with E-state index in [9.17, 15) is 15.0 Å². The zero-order chi connectivity index (χ0) is 21.6. The van der Waals surface area contributed by atoms with Crippen molar-refractivity contribution in [3.05, 3.63) is 96.1 Å². The molecular formula is C24H21N3O3S. The summed E-state index contributed by atoms with van der Waals surface area (Å²) >= 11 is 5.57. The van der Waals surface area contributed by atoms with Crippen LogP contribution in [0.1, 0.15) is 11.1 Å². The number of carbonyl (C=O) groups is 1. The number of β-amino-alcohol motifs (C(OH)–C–C–N with tert-alkyl or cyclic N) is 1.